The summed E-state index contributed by atoms with van der Waals surface area (Å²) in [5.74, 6) is 0.284. The Labute approximate surface area is 118 Å². The molecule has 0 aromatic heterocycles. The van der Waals surface area contributed by atoms with Crippen LogP contribution in [-0.2, 0) is 9.84 Å². The van der Waals surface area contributed by atoms with E-state index in [-0.39, 0.29) is 21.9 Å². The third kappa shape index (κ3) is 3.48. The number of benzene rings is 1. The molecule has 1 aromatic rings. The first-order chi connectivity index (χ1) is 8.79. The smallest absolute Gasteiger partial charge is 0.251 e. The summed E-state index contributed by atoms with van der Waals surface area (Å²) < 4.78 is 23.1. The molecule has 0 spiro atoms. The van der Waals surface area contributed by atoms with E-state index in [9.17, 15) is 13.2 Å². The van der Waals surface area contributed by atoms with E-state index in [4.69, 9.17) is 11.6 Å². The lowest BCUT2D eigenvalue weighted by Crippen LogP contribution is -2.34. The van der Waals surface area contributed by atoms with Gasteiger partial charge in [-0.2, -0.15) is 0 Å². The van der Waals surface area contributed by atoms with Crippen LogP contribution in [0.4, 0.5) is 0 Å². The summed E-state index contributed by atoms with van der Waals surface area (Å²) >= 11 is 5.84. The second kappa shape index (κ2) is 5.13. The zero-order valence-corrected chi connectivity index (χ0v) is 12.4. The Balaban J connectivity index is 2.22. The van der Waals surface area contributed by atoms with E-state index < -0.39 is 9.84 Å². The zero-order chi connectivity index (χ0) is 14.2. The van der Waals surface area contributed by atoms with Crippen molar-refractivity contribution in [1.82, 2.24) is 5.32 Å². The van der Waals surface area contributed by atoms with Crippen molar-refractivity contribution >= 4 is 27.3 Å². The van der Waals surface area contributed by atoms with Crippen molar-refractivity contribution in [2.24, 2.45) is 5.92 Å². The van der Waals surface area contributed by atoms with Gasteiger partial charge in [-0.3, -0.25) is 4.79 Å². The lowest BCUT2D eigenvalue weighted by atomic mass is 10.1. The van der Waals surface area contributed by atoms with Gasteiger partial charge in [-0.05, 0) is 43.9 Å². The van der Waals surface area contributed by atoms with Crippen LogP contribution in [0.3, 0.4) is 0 Å². The van der Waals surface area contributed by atoms with Gasteiger partial charge in [0.15, 0.2) is 9.84 Å². The van der Waals surface area contributed by atoms with Crippen LogP contribution < -0.4 is 5.32 Å². The lowest BCUT2D eigenvalue weighted by Gasteiger charge is -2.13. The number of carbonyl (C=O) groups is 1. The molecule has 1 aliphatic carbocycles. The number of halogens is 1. The van der Waals surface area contributed by atoms with Gasteiger partial charge in [0.05, 0.1) is 9.92 Å². The number of hydrogen-bond donors (Lipinski definition) is 1. The van der Waals surface area contributed by atoms with E-state index in [0.717, 1.165) is 19.1 Å². The predicted molar refractivity (Wildman–Crippen MR) is 74.2 cm³/mol. The zero-order valence-electron chi connectivity index (χ0n) is 10.8. The molecule has 0 bridgehead atoms. The molecule has 0 heterocycles. The van der Waals surface area contributed by atoms with Gasteiger partial charge < -0.3 is 5.32 Å². The molecule has 4 nitrogen and oxygen atoms in total. The van der Waals surface area contributed by atoms with Crippen molar-refractivity contribution in [3.8, 4) is 0 Å². The van der Waals surface area contributed by atoms with Gasteiger partial charge in [0.2, 0.25) is 0 Å². The topological polar surface area (TPSA) is 63.2 Å². The summed E-state index contributed by atoms with van der Waals surface area (Å²) in [6, 6.07) is 4.41. The average molecular weight is 302 g/mol. The second-order valence-corrected chi connectivity index (χ2v) is 7.41. The molecular weight excluding hydrogens is 286 g/mol. The summed E-state index contributed by atoms with van der Waals surface area (Å²) in [5, 5.41) is 3.01. The first kappa shape index (κ1) is 14.3. The van der Waals surface area contributed by atoms with Crippen molar-refractivity contribution in [3.63, 3.8) is 0 Å². The van der Waals surface area contributed by atoms with E-state index in [1.807, 2.05) is 6.92 Å². The van der Waals surface area contributed by atoms with Gasteiger partial charge >= 0.3 is 0 Å². The van der Waals surface area contributed by atoms with Crippen LogP contribution in [0.1, 0.15) is 30.1 Å². The quantitative estimate of drug-likeness (QED) is 0.928. The molecule has 1 amide bonds. The van der Waals surface area contributed by atoms with E-state index in [0.29, 0.717) is 11.5 Å². The van der Waals surface area contributed by atoms with Gasteiger partial charge in [0.1, 0.15) is 0 Å². The third-order valence-electron chi connectivity index (χ3n) is 3.28. The number of rotatable bonds is 4. The SMILES string of the molecule is CC(NC(=O)c1ccc(Cl)c(S(C)(=O)=O)c1)C1CC1. The van der Waals surface area contributed by atoms with Crippen molar-refractivity contribution in [2.45, 2.75) is 30.7 Å². The van der Waals surface area contributed by atoms with Crippen LogP contribution >= 0.6 is 11.6 Å². The fourth-order valence-electron chi connectivity index (χ4n) is 1.93. The standard InChI is InChI=1S/C13H16ClNO3S/c1-8(9-3-4-9)15-13(16)10-5-6-11(14)12(7-10)19(2,17)18/h5-9H,3-4H2,1-2H3,(H,15,16). The number of amides is 1. The van der Waals surface area contributed by atoms with Crippen LogP contribution in [0.2, 0.25) is 5.02 Å². The number of carbonyl (C=O) groups excluding carboxylic acids is 1. The van der Waals surface area contributed by atoms with E-state index >= 15 is 0 Å². The minimum atomic E-state index is -3.43. The van der Waals surface area contributed by atoms with E-state index in [1.54, 1.807) is 0 Å². The third-order valence-corrected chi connectivity index (χ3v) is 4.86. The molecule has 1 aromatic carbocycles. The van der Waals surface area contributed by atoms with Crippen LogP contribution in [0, 0.1) is 5.92 Å². The van der Waals surface area contributed by atoms with Gasteiger partial charge in [0, 0.05) is 17.9 Å². The van der Waals surface area contributed by atoms with Gasteiger partial charge in [-0.25, -0.2) is 8.42 Å². The normalized spacial score (nSPS) is 17.0. The molecule has 2 rings (SSSR count). The molecule has 1 aliphatic rings. The maximum absolute atomic E-state index is 12.0. The van der Waals surface area contributed by atoms with Crippen LogP contribution in [0.25, 0.3) is 0 Å². The Bertz CT molecular complexity index is 608. The molecule has 1 atom stereocenters. The Kier molecular flexibility index (Phi) is 3.87. The fraction of sp³-hybridized carbons (Fsp3) is 0.462. The Morgan fingerprint density at radius 1 is 1.42 bits per heavy atom. The predicted octanol–water partition coefficient (Wildman–Crippen LogP) is 2.27. The highest BCUT2D eigenvalue weighted by Gasteiger charge is 2.29. The number of hydrogen-bond acceptors (Lipinski definition) is 3. The number of sulfone groups is 1. The molecule has 104 valence electrons. The summed E-state index contributed by atoms with van der Waals surface area (Å²) in [4.78, 5) is 12.0. The lowest BCUT2D eigenvalue weighted by molar-refractivity contribution is 0.0935. The Morgan fingerprint density at radius 3 is 2.58 bits per heavy atom. The first-order valence-corrected chi connectivity index (χ1v) is 8.36. The molecular formula is C13H16ClNO3S. The molecule has 6 heteroatoms. The maximum Gasteiger partial charge on any atom is 0.251 e. The molecule has 1 N–H and O–H groups in total. The van der Waals surface area contributed by atoms with E-state index in [1.165, 1.54) is 18.2 Å². The highest BCUT2D eigenvalue weighted by molar-refractivity contribution is 7.90. The van der Waals surface area contributed by atoms with Crippen LogP contribution in [0.15, 0.2) is 23.1 Å². The highest BCUT2D eigenvalue weighted by atomic mass is 35.5. The monoisotopic (exact) mass is 301 g/mol. The maximum atomic E-state index is 12.0. The van der Waals surface area contributed by atoms with Gasteiger partial charge in [-0.15, -0.1) is 0 Å². The van der Waals surface area contributed by atoms with Gasteiger partial charge in [0.25, 0.3) is 5.91 Å². The fourth-order valence-corrected chi connectivity index (χ4v) is 3.23. The average Bonchev–Trinajstić information content (AvgIpc) is 3.11. The van der Waals surface area contributed by atoms with Crippen molar-refractivity contribution in [3.05, 3.63) is 28.8 Å². The summed E-state index contributed by atoms with van der Waals surface area (Å²) in [6.45, 7) is 1.96. The minimum absolute atomic E-state index is 0.0131. The van der Waals surface area contributed by atoms with Crippen LogP contribution in [0.5, 0.6) is 0 Å². The molecule has 0 aliphatic heterocycles. The van der Waals surface area contributed by atoms with Crippen molar-refractivity contribution in [1.29, 1.82) is 0 Å². The van der Waals surface area contributed by atoms with Crippen LogP contribution in [-0.4, -0.2) is 26.6 Å². The van der Waals surface area contributed by atoms with Crippen molar-refractivity contribution in [2.75, 3.05) is 6.26 Å². The summed E-state index contributed by atoms with van der Waals surface area (Å²) in [6.07, 6.45) is 3.34. The summed E-state index contributed by atoms with van der Waals surface area (Å²) in [5.41, 5.74) is 0.317. The first-order valence-electron chi connectivity index (χ1n) is 6.09. The molecule has 1 saturated carbocycles. The Morgan fingerprint density at radius 2 is 2.05 bits per heavy atom. The minimum Gasteiger partial charge on any atom is -0.349 e. The molecule has 19 heavy (non-hydrogen) atoms. The number of nitrogens with one attached hydrogen (secondary N) is 1. The molecule has 1 unspecified atom stereocenters. The molecule has 1 fully saturated rings. The molecule has 0 saturated heterocycles. The van der Waals surface area contributed by atoms with Gasteiger partial charge in [-0.1, -0.05) is 11.6 Å². The van der Waals surface area contributed by atoms with Crippen molar-refractivity contribution < 1.29 is 13.2 Å². The second-order valence-electron chi connectivity index (χ2n) is 5.02. The largest absolute Gasteiger partial charge is 0.349 e. The summed E-state index contributed by atoms with van der Waals surface area (Å²) in [7, 11) is -3.43. The highest BCUT2D eigenvalue weighted by Crippen LogP contribution is 2.32. The Hall–Kier alpha value is -1.07. The van der Waals surface area contributed by atoms with E-state index in [2.05, 4.69) is 5.32 Å². The molecule has 0 radical (unpaired) electrons.